The lowest BCUT2D eigenvalue weighted by molar-refractivity contribution is 0.0761. The quantitative estimate of drug-likeness (QED) is 0.819. The summed E-state index contributed by atoms with van der Waals surface area (Å²) in [6.45, 7) is 9.38. The van der Waals surface area contributed by atoms with Crippen molar-refractivity contribution in [1.29, 1.82) is 0 Å². The molecular formula is C15H22N4OS. The van der Waals surface area contributed by atoms with Gasteiger partial charge in [0, 0.05) is 25.2 Å². The average molecular weight is 306 g/mol. The molecule has 0 fully saturated rings. The minimum Gasteiger partial charge on any atom is -0.372 e. The summed E-state index contributed by atoms with van der Waals surface area (Å²) in [5.41, 5.74) is 2.89. The van der Waals surface area contributed by atoms with Crippen molar-refractivity contribution in [3.05, 3.63) is 33.7 Å². The maximum absolute atomic E-state index is 5.58. The lowest BCUT2D eigenvalue weighted by Gasteiger charge is -2.18. The van der Waals surface area contributed by atoms with Gasteiger partial charge in [0.05, 0.1) is 23.6 Å². The van der Waals surface area contributed by atoms with Gasteiger partial charge in [-0.25, -0.2) is 9.97 Å². The number of aromatic nitrogens is 3. The van der Waals surface area contributed by atoms with Crippen molar-refractivity contribution >= 4 is 17.2 Å². The zero-order valence-corrected chi connectivity index (χ0v) is 14.1. The molecule has 1 unspecified atom stereocenters. The van der Waals surface area contributed by atoms with Gasteiger partial charge in [0.25, 0.3) is 0 Å². The molecule has 0 aromatic carbocycles. The molecule has 0 N–H and O–H groups in total. The molecule has 2 aromatic heterocycles. The second kappa shape index (κ2) is 6.95. The van der Waals surface area contributed by atoms with Crippen molar-refractivity contribution in [2.75, 3.05) is 18.6 Å². The highest BCUT2D eigenvalue weighted by Crippen LogP contribution is 2.23. The Morgan fingerprint density at radius 2 is 2.10 bits per heavy atom. The van der Waals surface area contributed by atoms with E-state index in [1.807, 2.05) is 34.7 Å². The van der Waals surface area contributed by atoms with Crippen LogP contribution in [-0.2, 0) is 11.3 Å². The second-order valence-corrected chi connectivity index (χ2v) is 5.94. The highest BCUT2D eigenvalue weighted by Gasteiger charge is 2.13. The van der Waals surface area contributed by atoms with Crippen molar-refractivity contribution in [1.82, 2.24) is 15.0 Å². The molecule has 21 heavy (non-hydrogen) atoms. The molecule has 0 spiro atoms. The van der Waals surface area contributed by atoms with E-state index in [0.29, 0.717) is 13.2 Å². The third-order valence-corrected chi connectivity index (χ3v) is 4.20. The predicted molar refractivity (Wildman–Crippen MR) is 85.8 cm³/mol. The van der Waals surface area contributed by atoms with E-state index in [1.54, 1.807) is 17.5 Å². The Bertz CT molecular complexity index is 599. The molecular weight excluding hydrogens is 284 g/mol. The summed E-state index contributed by atoms with van der Waals surface area (Å²) in [7, 11) is 2.02. The lowest BCUT2D eigenvalue weighted by atomic mass is 10.3. The van der Waals surface area contributed by atoms with Crippen LogP contribution in [0, 0.1) is 13.8 Å². The van der Waals surface area contributed by atoms with Crippen molar-refractivity contribution in [3.63, 3.8) is 0 Å². The highest BCUT2D eigenvalue weighted by molar-refractivity contribution is 7.09. The van der Waals surface area contributed by atoms with Gasteiger partial charge in [-0.15, -0.1) is 11.3 Å². The van der Waals surface area contributed by atoms with E-state index in [2.05, 4.69) is 25.2 Å². The maximum Gasteiger partial charge on any atom is 0.150 e. The monoisotopic (exact) mass is 306 g/mol. The number of nitrogens with zero attached hydrogens (tertiary/aromatic N) is 4. The van der Waals surface area contributed by atoms with Gasteiger partial charge in [-0.2, -0.15) is 0 Å². The normalized spacial score (nSPS) is 12.4. The second-order valence-electron chi connectivity index (χ2n) is 5.05. The van der Waals surface area contributed by atoms with E-state index in [-0.39, 0.29) is 6.10 Å². The molecule has 0 radical (unpaired) electrons. The van der Waals surface area contributed by atoms with Gasteiger partial charge in [0.2, 0.25) is 0 Å². The Balaban J connectivity index is 2.09. The molecule has 0 amide bonds. The number of thiazole rings is 1. The van der Waals surface area contributed by atoms with Gasteiger partial charge in [0.15, 0.2) is 0 Å². The minimum atomic E-state index is 0.0551. The molecule has 0 aliphatic heterocycles. The summed E-state index contributed by atoms with van der Waals surface area (Å²) < 4.78 is 5.58. The number of anilines is 1. The molecule has 2 aromatic rings. The van der Waals surface area contributed by atoms with Gasteiger partial charge in [-0.1, -0.05) is 0 Å². The number of hydrogen-bond donors (Lipinski definition) is 0. The molecule has 5 nitrogen and oxygen atoms in total. The van der Waals surface area contributed by atoms with Gasteiger partial charge in [-0.3, -0.25) is 4.98 Å². The fraction of sp³-hybridized carbons (Fsp3) is 0.533. The summed E-state index contributed by atoms with van der Waals surface area (Å²) in [6, 6.07) is 0. The molecule has 114 valence electrons. The summed E-state index contributed by atoms with van der Waals surface area (Å²) >= 11 is 1.64. The smallest absolute Gasteiger partial charge is 0.150 e. The fourth-order valence-corrected chi connectivity index (χ4v) is 2.92. The van der Waals surface area contributed by atoms with Crippen molar-refractivity contribution in [2.24, 2.45) is 0 Å². The van der Waals surface area contributed by atoms with E-state index in [1.165, 1.54) is 0 Å². The van der Waals surface area contributed by atoms with Crippen molar-refractivity contribution in [2.45, 2.75) is 40.3 Å². The maximum atomic E-state index is 5.58. The van der Waals surface area contributed by atoms with Crippen LogP contribution in [0.4, 0.5) is 5.82 Å². The fourth-order valence-electron chi connectivity index (χ4n) is 2.11. The Kier molecular flexibility index (Phi) is 5.25. The van der Waals surface area contributed by atoms with Gasteiger partial charge in [0.1, 0.15) is 16.9 Å². The van der Waals surface area contributed by atoms with Crippen LogP contribution in [0.5, 0.6) is 0 Å². The molecule has 0 saturated carbocycles. The van der Waals surface area contributed by atoms with E-state index in [9.17, 15) is 0 Å². The summed E-state index contributed by atoms with van der Waals surface area (Å²) in [6.07, 6.45) is 1.84. The number of ether oxygens (including phenoxy) is 1. The first kappa shape index (κ1) is 15.9. The van der Waals surface area contributed by atoms with Crippen LogP contribution in [0.1, 0.15) is 42.0 Å². The van der Waals surface area contributed by atoms with Crippen LogP contribution in [0.15, 0.2) is 11.6 Å². The molecule has 2 rings (SSSR count). The molecule has 0 saturated heterocycles. The van der Waals surface area contributed by atoms with Crippen LogP contribution in [0.25, 0.3) is 0 Å². The zero-order chi connectivity index (χ0) is 15.4. The summed E-state index contributed by atoms with van der Waals surface area (Å²) in [4.78, 5) is 15.6. The van der Waals surface area contributed by atoms with Crippen LogP contribution in [0.3, 0.4) is 0 Å². The lowest BCUT2D eigenvalue weighted by Crippen LogP contribution is -2.20. The van der Waals surface area contributed by atoms with E-state index >= 15 is 0 Å². The molecule has 0 aliphatic rings. The first-order valence-corrected chi connectivity index (χ1v) is 7.96. The average Bonchev–Trinajstić information content (AvgIpc) is 2.90. The largest absolute Gasteiger partial charge is 0.372 e. The van der Waals surface area contributed by atoms with Crippen molar-refractivity contribution in [3.8, 4) is 0 Å². The van der Waals surface area contributed by atoms with Crippen LogP contribution in [-0.4, -0.2) is 28.6 Å². The van der Waals surface area contributed by atoms with E-state index in [0.717, 1.165) is 27.9 Å². The Morgan fingerprint density at radius 1 is 1.33 bits per heavy atom. The third kappa shape index (κ3) is 3.98. The Morgan fingerprint density at radius 3 is 2.81 bits per heavy atom. The van der Waals surface area contributed by atoms with E-state index < -0.39 is 0 Å². The predicted octanol–water partition coefficient (Wildman–Crippen LogP) is 3.28. The number of rotatable bonds is 6. The molecule has 0 aliphatic carbocycles. The minimum absolute atomic E-state index is 0.0551. The van der Waals surface area contributed by atoms with Crippen molar-refractivity contribution < 1.29 is 4.74 Å². The van der Waals surface area contributed by atoms with Crippen LogP contribution in [0.2, 0.25) is 0 Å². The number of hydrogen-bond acceptors (Lipinski definition) is 6. The first-order valence-electron chi connectivity index (χ1n) is 7.08. The standard InChI is InChI=1S/C15H22N4OS/c1-6-20-12(4)15-18-13(9-21-15)8-19(5)14-11(3)16-7-10(2)17-14/h7,9,12H,6,8H2,1-5H3. The van der Waals surface area contributed by atoms with Crippen LogP contribution >= 0.6 is 11.3 Å². The van der Waals surface area contributed by atoms with Gasteiger partial charge < -0.3 is 9.64 Å². The van der Waals surface area contributed by atoms with E-state index in [4.69, 9.17) is 4.74 Å². The molecule has 1 atom stereocenters. The summed E-state index contributed by atoms with van der Waals surface area (Å²) in [5, 5.41) is 3.10. The van der Waals surface area contributed by atoms with Gasteiger partial charge in [-0.05, 0) is 27.7 Å². The van der Waals surface area contributed by atoms with Crippen LogP contribution < -0.4 is 4.90 Å². The molecule has 2 heterocycles. The molecule has 0 bridgehead atoms. The summed E-state index contributed by atoms with van der Waals surface area (Å²) in [5.74, 6) is 0.905. The SMILES string of the molecule is CCOC(C)c1nc(CN(C)c2nc(C)cnc2C)cs1. The highest BCUT2D eigenvalue weighted by atomic mass is 32.1. The Hall–Kier alpha value is -1.53. The number of aryl methyl sites for hydroxylation is 2. The zero-order valence-electron chi connectivity index (χ0n) is 13.3. The first-order chi connectivity index (χ1) is 10.0. The van der Waals surface area contributed by atoms with Gasteiger partial charge >= 0.3 is 0 Å². The topological polar surface area (TPSA) is 51.1 Å². The molecule has 6 heteroatoms. The Labute approximate surface area is 130 Å². The third-order valence-electron chi connectivity index (χ3n) is 3.15.